The highest BCUT2D eigenvalue weighted by molar-refractivity contribution is 7.80. The molecule has 0 unspecified atom stereocenters. The molecule has 3 amide bonds. The first kappa shape index (κ1) is 67.0. The Hall–Kier alpha value is -2.76. The van der Waals surface area contributed by atoms with Gasteiger partial charge in [0.15, 0.2) is 31.5 Å². The van der Waals surface area contributed by atoms with E-state index in [1.54, 1.807) is 0 Å². The van der Waals surface area contributed by atoms with Gasteiger partial charge in [0.1, 0.15) is 134 Å². The minimum absolute atomic E-state index is 0.769. The van der Waals surface area contributed by atoms with Crippen molar-refractivity contribution in [3.63, 3.8) is 0 Å². The summed E-state index contributed by atoms with van der Waals surface area (Å²) < 4.78 is 93.8. The molecule has 0 bridgehead atoms. The highest BCUT2D eigenvalue weighted by Crippen LogP contribution is 2.37. The van der Waals surface area contributed by atoms with Crippen molar-refractivity contribution in [1.82, 2.24) is 16.0 Å². The van der Waals surface area contributed by atoms with Gasteiger partial charge in [0.05, 0.1) is 51.8 Å². The smallest absolute Gasteiger partial charge is 0.394 e. The molecular weight excluding hydrogens is 1110 g/mol. The van der Waals surface area contributed by atoms with E-state index in [0.717, 1.165) is 20.8 Å². The van der Waals surface area contributed by atoms with Gasteiger partial charge >= 0.3 is 10.4 Å². The molecule has 460 valence electrons. The molecular formula is C42H73N3O33S. The molecule has 36 nitrogen and oxygen atoms in total. The summed E-state index contributed by atoms with van der Waals surface area (Å²) in [5.74, 6) is -2.51. The van der Waals surface area contributed by atoms with E-state index in [1.165, 1.54) is 6.92 Å². The van der Waals surface area contributed by atoms with E-state index in [2.05, 4.69) is 20.1 Å². The van der Waals surface area contributed by atoms with Gasteiger partial charge in [0, 0.05) is 20.8 Å². The molecule has 0 spiro atoms. The number of hydrogen-bond acceptors (Lipinski definition) is 32. The quantitative estimate of drug-likeness (QED) is 0.0399. The van der Waals surface area contributed by atoms with Crippen molar-refractivity contribution in [2.24, 2.45) is 0 Å². The number of hydrogen-bond donors (Lipinski definition) is 20. The van der Waals surface area contributed by atoms with Crippen molar-refractivity contribution in [2.45, 2.75) is 205 Å². The zero-order valence-corrected chi connectivity index (χ0v) is 43.3. The molecule has 29 atom stereocenters. The Bertz CT molecular complexity index is 2060. The Morgan fingerprint density at radius 2 is 1.01 bits per heavy atom. The van der Waals surface area contributed by atoms with E-state index in [9.17, 15) is 105 Å². The van der Waals surface area contributed by atoms with Crippen molar-refractivity contribution >= 4 is 28.1 Å². The molecule has 5 fully saturated rings. The molecule has 5 aliphatic heterocycles. The summed E-state index contributed by atoms with van der Waals surface area (Å²) in [6, 6.07) is -5.11. The second-order valence-electron chi connectivity index (χ2n) is 19.3. The van der Waals surface area contributed by atoms with Crippen LogP contribution in [0, 0.1) is 0 Å². The van der Waals surface area contributed by atoms with Crippen LogP contribution in [0.15, 0.2) is 0 Å². The maximum absolute atomic E-state index is 12.5. The van der Waals surface area contributed by atoms with E-state index >= 15 is 0 Å². The van der Waals surface area contributed by atoms with Crippen LogP contribution < -0.4 is 16.0 Å². The standard InChI is InChI=1S/C42H73N3O33S/c1-11-23(54)30(61)32(63)40(70-11)78-37-36(77-41-33(64)31(62)35(19(8-49)73-41)76-39-22(45-14(4)52)29(60)25(56)17(6-47)71-39)27(58)18(7-48)72-42(37)75-34(15(5-46)43-12(2)50)24(55)16(53)9-68-38-21(44-13(3)51)28(59)26(57)20(74-38)10-69-79(65,66)67/h11,15-42,46-49,53-64H,5-10H2,1-4H3,(H,43,50)(H,44,51)(H,45,52)(H,65,66,67)/t11-,15-,16+,17+,18+,19+,20+,21+,22+,23+,24-,25+,26+,27-,28+,29+,30+,31+,32-,33+,34+,35-,36-,37+,38+,39+,40-,41-,42-/m0/s1. The first-order valence-corrected chi connectivity index (χ1v) is 25.9. The molecule has 0 saturated carbocycles. The summed E-state index contributed by atoms with van der Waals surface area (Å²) >= 11 is 0. The van der Waals surface area contributed by atoms with Gasteiger partial charge in [-0.1, -0.05) is 0 Å². The third-order valence-electron chi connectivity index (χ3n) is 13.4. The number of amides is 3. The minimum Gasteiger partial charge on any atom is -0.394 e. The van der Waals surface area contributed by atoms with Crippen LogP contribution >= 0.6 is 0 Å². The van der Waals surface area contributed by atoms with E-state index in [1.807, 2.05) is 0 Å². The minimum atomic E-state index is -5.15. The second-order valence-corrected chi connectivity index (χ2v) is 20.4. The number of carbonyl (C=O) groups is 3. The topological polar surface area (TPSA) is 567 Å². The zero-order chi connectivity index (χ0) is 59.1. The Morgan fingerprint density at radius 1 is 0.532 bits per heavy atom. The third kappa shape index (κ3) is 16.5. The van der Waals surface area contributed by atoms with Gasteiger partial charge in [0.2, 0.25) is 17.7 Å². The van der Waals surface area contributed by atoms with Crippen molar-refractivity contribution in [3.8, 4) is 0 Å². The van der Waals surface area contributed by atoms with E-state index in [-0.39, 0.29) is 0 Å². The van der Waals surface area contributed by atoms with Crippen LogP contribution in [0.25, 0.3) is 0 Å². The summed E-state index contributed by atoms with van der Waals surface area (Å²) in [4.78, 5) is 36.7. The van der Waals surface area contributed by atoms with Crippen LogP contribution in [0.1, 0.15) is 27.7 Å². The Labute approximate surface area is 449 Å². The van der Waals surface area contributed by atoms with Gasteiger partial charge in [-0.25, -0.2) is 4.18 Å². The van der Waals surface area contributed by atoms with Gasteiger partial charge in [-0.2, -0.15) is 8.42 Å². The maximum atomic E-state index is 12.5. The predicted octanol–water partition coefficient (Wildman–Crippen LogP) is -13.2. The van der Waals surface area contributed by atoms with Crippen LogP contribution in [-0.2, 0) is 76.3 Å². The number of carbonyl (C=O) groups excluding carboxylic acids is 3. The lowest BCUT2D eigenvalue weighted by Crippen LogP contribution is -2.69. The maximum Gasteiger partial charge on any atom is 0.397 e. The van der Waals surface area contributed by atoms with Crippen LogP contribution in [-0.4, -0.2) is 330 Å². The van der Waals surface area contributed by atoms with Gasteiger partial charge < -0.3 is 145 Å². The van der Waals surface area contributed by atoms with Crippen molar-refractivity contribution < 1.29 is 161 Å². The zero-order valence-electron chi connectivity index (χ0n) is 42.5. The molecule has 0 aromatic carbocycles. The largest absolute Gasteiger partial charge is 0.397 e. The van der Waals surface area contributed by atoms with Gasteiger partial charge in [0.25, 0.3) is 0 Å². The van der Waals surface area contributed by atoms with E-state index in [0.29, 0.717) is 0 Å². The Morgan fingerprint density at radius 3 is 1.56 bits per heavy atom. The van der Waals surface area contributed by atoms with E-state index < -0.39 is 246 Å². The summed E-state index contributed by atoms with van der Waals surface area (Å²) in [6.07, 6.45) is -52.3. The fourth-order valence-corrected chi connectivity index (χ4v) is 9.59. The average Bonchev–Trinajstić information content (AvgIpc) is 3.39. The fraction of sp³-hybridized carbons (Fsp3) is 0.929. The highest BCUT2D eigenvalue weighted by atomic mass is 32.3. The van der Waals surface area contributed by atoms with Crippen LogP contribution in [0.3, 0.4) is 0 Å². The van der Waals surface area contributed by atoms with Crippen LogP contribution in [0.4, 0.5) is 0 Å². The molecule has 0 aromatic heterocycles. The third-order valence-corrected chi connectivity index (χ3v) is 13.9. The van der Waals surface area contributed by atoms with Gasteiger partial charge in [-0.3, -0.25) is 18.9 Å². The SMILES string of the molecule is CC(=O)N[C@H]1[C@H](OC[C@@H](O)[C@H](O)[C@H](O[C@@H]2O[C@H](CO)[C@H](O)[C@H](O[C@@H]3O[C@H](CO)[C@H](O[C@H]4O[C@H](CO)[C@@H](O)[C@H](O)[C@H]4NC(C)=O)[C@H](O)[C@H]3O)[C@H]2O[C@@H]2O[C@@H](C)[C@@H](O)[C@@H](O)[C@@H]2O)[C@H](CO)NC(C)=O)O[C@H](COS(=O)(=O)O)[C@@H](O)[C@@H]1O. The lowest BCUT2D eigenvalue weighted by molar-refractivity contribution is -0.401. The molecule has 5 heterocycles. The number of rotatable bonds is 24. The lowest BCUT2D eigenvalue weighted by Gasteiger charge is -2.50. The Kier molecular flexibility index (Phi) is 24.7. The second kappa shape index (κ2) is 29.2. The summed E-state index contributed by atoms with van der Waals surface area (Å²) in [5.41, 5.74) is 0. The molecule has 0 aromatic rings. The van der Waals surface area contributed by atoms with Gasteiger partial charge in [-0.15, -0.1) is 0 Å². The van der Waals surface area contributed by atoms with Crippen molar-refractivity contribution in [3.05, 3.63) is 0 Å². The van der Waals surface area contributed by atoms with Gasteiger partial charge in [-0.05, 0) is 6.92 Å². The fourth-order valence-electron chi connectivity index (χ4n) is 9.29. The predicted molar refractivity (Wildman–Crippen MR) is 245 cm³/mol. The van der Waals surface area contributed by atoms with E-state index in [4.69, 9.17) is 51.9 Å². The highest BCUT2D eigenvalue weighted by Gasteiger charge is 2.57. The normalized spacial score (nSPS) is 42.8. The van der Waals surface area contributed by atoms with Crippen molar-refractivity contribution in [2.75, 3.05) is 39.6 Å². The molecule has 5 aliphatic rings. The van der Waals surface area contributed by atoms with Crippen LogP contribution in [0.2, 0.25) is 0 Å². The summed E-state index contributed by atoms with van der Waals surface area (Å²) in [5, 5.41) is 182. The molecule has 20 N–H and O–H groups in total. The summed E-state index contributed by atoms with van der Waals surface area (Å²) in [6.45, 7) is -2.35. The molecule has 79 heavy (non-hydrogen) atoms. The number of ether oxygens (including phenoxy) is 10. The van der Waals surface area contributed by atoms with Crippen LogP contribution in [0.5, 0.6) is 0 Å². The first-order valence-electron chi connectivity index (χ1n) is 24.5. The number of aliphatic hydroxyl groups excluding tert-OH is 16. The molecule has 5 rings (SSSR count). The molecule has 37 heteroatoms. The summed E-state index contributed by atoms with van der Waals surface area (Å²) in [7, 11) is -5.15. The number of nitrogens with one attached hydrogen (secondary N) is 3. The molecule has 5 saturated heterocycles. The lowest BCUT2D eigenvalue weighted by atomic mass is 9.94. The molecule has 0 radical (unpaired) electrons. The molecule has 0 aliphatic carbocycles. The monoisotopic (exact) mass is 1180 g/mol. The van der Waals surface area contributed by atoms with Crippen molar-refractivity contribution in [1.29, 1.82) is 0 Å². The first-order chi connectivity index (χ1) is 37.0. The Balaban J connectivity index is 1.49. The number of aliphatic hydroxyl groups is 16. The average molecular weight is 1180 g/mol.